The molecule has 1 aromatic carbocycles. The highest BCUT2D eigenvalue weighted by Gasteiger charge is 2.24. The molecule has 1 aliphatic rings. The molecular formula is C15H20N2O4. The van der Waals surface area contributed by atoms with Crippen LogP contribution < -0.4 is 5.32 Å². The van der Waals surface area contributed by atoms with Gasteiger partial charge in [-0.05, 0) is 25.8 Å². The van der Waals surface area contributed by atoms with Gasteiger partial charge in [0.25, 0.3) is 11.6 Å². The molecule has 1 aliphatic carbocycles. The lowest BCUT2D eigenvalue weighted by molar-refractivity contribution is -0.385. The lowest BCUT2D eigenvalue weighted by Gasteiger charge is -2.27. The smallest absolute Gasteiger partial charge is 0.273 e. The van der Waals surface area contributed by atoms with Gasteiger partial charge in [0.15, 0.2) is 0 Å². The summed E-state index contributed by atoms with van der Waals surface area (Å²) in [6, 6.07) is 4.47. The first-order valence-electron chi connectivity index (χ1n) is 7.21. The van der Waals surface area contributed by atoms with E-state index in [1.165, 1.54) is 12.1 Å². The van der Waals surface area contributed by atoms with Gasteiger partial charge in [-0.1, -0.05) is 18.9 Å². The number of carbonyl (C=O) groups excluding carboxylic acids is 1. The van der Waals surface area contributed by atoms with E-state index < -0.39 is 4.92 Å². The third-order valence-corrected chi connectivity index (χ3v) is 4.14. The topological polar surface area (TPSA) is 92.5 Å². The lowest BCUT2D eigenvalue weighted by Crippen LogP contribution is -2.36. The minimum Gasteiger partial charge on any atom is -0.393 e. The molecule has 1 saturated carbocycles. The number of nitro groups is 1. The minimum absolute atomic E-state index is 0.0552. The summed E-state index contributed by atoms with van der Waals surface area (Å²) in [5, 5.41) is 23.6. The van der Waals surface area contributed by atoms with Crippen molar-refractivity contribution in [2.45, 2.75) is 38.7 Å². The van der Waals surface area contributed by atoms with E-state index in [9.17, 15) is 20.0 Å². The second-order valence-electron chi connectivity index (χ2n) is 5.53. The number of aliphatic hydroxyl groups is 1. The Morgan fingerprint density at radius 1 is 1.43 bits per heavy atom. The maximum absolute atomic E-state index is 12.2. The molecule has 0 aliphatic heterocycles. The normalized spacial score (nSPS) is 21.8. The summed E-state index contributed by atoms with van der Waals surface area (Å²) >= 11 is 0. The molecule has 2 N–H and O–H groups in total. The molecule has 1 aromatic rings. The van der Waals surface area contributed by atoms with Gasteiger partial charge < -0.3 is 10.4 Å². The van der Waals surface area contributed by atoms with Crippen LogP contribution in [0.5, 0.6) is 0 Å². The van der Waals surface area contributed by atoms with Crippen LogP contribution in [-0.4, -0.2) is 28.6 Å². The van der Waals surface area contributed by atoms with Crippen molar-refractivity contribution in [1.82, 2.24) is 5.32 Å². The molecule has 2 unspecified atom stereocenters. The molecule has 114 valence electrons. The number of aliphatic hydroxyl groups excluding tert-OH is 1. The van der Waals surface area contributed by atoms with Crippen LogP contribution >= 0.6 is 0 Å². The molecule has 21 heavy (non-hydrogen) atoms. The van der Waals surface area contributed by atoms with Crippen LogP contribution in [0.3, 0.4) is 0 Å². The molecule has 2 rings (SSSR count). The Bertz CT molecular complexity index is 544. The van der Waals surface area contributed by atoms with Crippen molar-refractivity contribution in [2.24, 2.45) is 5.92 Å². The molecule has 0 saturated heterocycles. The molecule has 6 heteroatoms. The van der Waals surface area contributed by atoms with Gasteiger partial charge in [-0.2, -0.15) is 0 Å². The molecule has 0 bridgehead atoms. The standard InChI is InChI=1S/C15H20N2O4/c1-10-12(6-4-7-13(10)17(20)21)15(19)16-9-11-5-2-3-8-14(11)18/h4,6-7,11,14,18H,2-3,5,8-9H2,1H3,(H,16,19). The number of nitrogens with zero attached hydrogens (tertiary/aromatic N) is 1. The van der Waals surface area contributed by atoms with E-state index in [2.05, 4.69) is 5.32 Å². The Morgan fingerprint density at radius 2 is 2.14 bits per heavy atom. The molecule has 0 radical (unpaired) electrons. The van der Waals surface area contributed by atoms with Gasteiger partial charge in [0.05, 0.1) is 11.0 Å². The van der Waals surface area contributed by atoms with E-state index in [0.717, 1.165) is 25.7 Å². The Balaban J connectivity index is 2.03. The van der Waals surface area contributed by atoms with E-state index in [0.29, 0.717) is 17.7 Å². The second kappa shape index (κ2) is 6.67. The van der Waals surface area contributed by atoms with Crippen LogP contribution in [0.4, 0.5) is 5.69 Å². The van der Waals surface area contributed by atoms with E-state index in [-0.39, 0.29) is 23.6 Å². The van der Waals surface area contributed by atoms with Crippen LogP contribution in [0.15, 0.2) is 18.2 Å². The monoisotopic (exact) mass is 292 g/mol. The third kappa shape index (κ3) is 3.58. The summed E-state index contributed by atoms with van der Waals surface area (Å²) in [7, 11) is 0. The second-order valence-corrected chi connectivity index (χ2v) is 5.53. The molecule has 0 heterocycles. The van der Waals surface area contributed by atoms with Gasteiger partial charge in [0.2, 0.25) is 0 Å². The van der Waals surface area contributed by atoms with Crippen molar-refractivity contribution in [2.75, 3.05) is 6.54 Å². The largest absolute Gasteiger partial charge is 0.393 e. The summed E-state index contributed by atoms with van der Waals surface area (Å²) in [6.07, 6.45) is 3.39. The van der Waals surface area contributed by atoms with Crippen molar-refractivity contribution >= 4 is 11.6 Å². The summed E-state index contributed by atoms with van der Waals surface area (Å²) in [6.45, 7) is 1.98. The van der Waals surface area contributed by atoms with E-state index in [4.69, 9.17) is 0 Å². The Kier molecular flexibility index (Phi) is 4.90. The number of carbonyl (C=O) groups is 1. The predicted molar refractivity (Wildman–Crippen MR) is 78.1 cm³/mol. The highest BCUT2D eigenvalue weighted by atomic mass is 16.6. The van der Waals surface area contributed by atoms with Crippen LogP contribution in [0, 0.1) is 23.0 Å². The Hall–Kier alpha value is -1.95. The van der Waals surface area contributed by atoms with Crippen LogP contribution in [0.2, 0.25) is 0 Å². The third-order valence-electron chi connectivity index (χ3n) is 4.14. The Labute approximate surface area is 123 Å². The number of rotatable bonds is 4. The summed E-state index contributed by atoms with van der Waals surface area (Å²) in [4.78, 5) is 22.6. The maximum atomic E-state index is 12.2. The zero-order chi connectivity index (χ0) is 15.4. The average Bonchev–Trinajstić information content (AvgIpc) is 2.46. The number of amides is 1. The van der Waals surface area contributed by atoms with Crippen molar-refractivity contribution in [3.8, 4) is 0 Å². The molecular weight excluding hydrogens is 272 g/mol. The van der Waals surface area contributed by atoms with Gasteiger partial charge >= 0.3 is 0 Å². The maximum Gasteiger partial charge on any atom is 0.273 e. The van der Waals surface area contributed by atoms with Gasteiger partial charge in [-0.25, -0.2) is 0 Å². The van der Waals surface area contributed by atoms with E-state index >= 15 is 0 Å². The SMILES string of the molecule is Cc1c(C(=O)NCC2CCCCC2O)cccc1[N+](=O)[O-]. The van der Waals surface area contributed by atoms with Crippen molar-refractivity contribution in [3.05, 3.63) is 39.4 Å². The van der Waals surface area contributed by atoms with Crippen LogP contribution in [0.1, 0.15) is 41.6 Å². The predicted octanol–water partition coefficient (Wildman–Crippen LogP) is 2.18. The zero-order valence-corrected chi connectivity index (χ0v) is 12.0. The van der Waals surface area contributed by atoms with E-state index in [1.54, 1.807) is 13.0 Å². The first-order valence-corrected chi connectivity index (χ1v) is 7.21. The van der Waals surface area contributed by atoms with Gasteiger partial charge in [0, 0.05) is 29.7 Å². The Morgan fingerprint density at radius 3 is 2.81 bits per heavy atom. The molecule has 0 aromatic heterocycles. The van der Waals surface area contributed by atoms with Crippen molar-refractivity contribution in [1.29, 1.82) is 0 Å². The number of nitro benzene ring substituents is 1. The summed E-state index contributed by atoms with van der Waals surface area (Å²) in [5.41, 5.74) is 0.624. The highest BCUT2D eigenvalue weighted by molar-refractivity contribution is 5.96. The number of hydrogen-bond donors (Lipinski definition) is 2. The average molecular weight is 292 g/mol. The molecule has 6 nitrogen and oxygen atoms in total. The zero-order valence-electron chi connectivity index (χ0n) is 12.0. The van der Waals surface area contributed by atoms with E-state index in [1.807, 2.05) is 0 Å². The molecule has 2 atom stereocenters. The summed E-state index contributed by atoms with van der Waals surface area (Å²) in [5.74, 6) is -0.254. The number of hydrogen-bond acceptors (Lipinski definition) is 4. The van der Waals surface area contributed by atoms with Gasteiger partial charge in [-0.15, -0.1) is 0 Å². The fraction of sp³-hybridized carbons (Fsp3) is 0.533. The summed E-state index contributed by atoms with van der Waals surface area (Å²) < 4.78 is 0. The van der Waals surface area contributed by atoms with Crippen molar-refractivity contribution in [3.63, 3.8) is 0 Å². The van der Waals surface area contributed by atoms with Gasteiger partial charge in [0.1, 0.15) is 0 Å². The fourth-order valence-corrected chi connectivity index (χ4v) is 2.81. The first-order chi connectivity index (χ1) is 10.0. The number of benzene rings is 1. The number of nitrogens with one attached hydrogen (secondary N) is 1. The first kappa shape index (κ1) is 15.4. The highest BCUT2D eigenvalue weighted by Crippen LogP contribution is 2.24. The van der Waals surface area contributed by atoms with Crippen molar-refractivity contribution < 1.29 is 14.8 Å². The van der Waals surface area contributed by atoms with Gasteiger partial charge in [-0.3, -0.25) is 14.9 Å². The van der Waals surface area contributed by atoms with Crippen LogP contribution in [0.25, 0.3) is 0 Å². The molecule has 0 spiro atoms. The van der Waals surface area contributed by atoms with Crippen LogP contribution in [-0.2, 0) is 0 Å². The quantitative estimate of drug-likeness (QED) is 0.657. The fourth-order valence-electron chi connectivity index (χ4n) is 2.81. The molecule has 1 amide bonds. The minimum atomic E-state index is -0.489. The molecule has 1 fully saturated rings. The lowest BCUT2D eigenvalue weighted by atomic mass is 9.86.